The second kappa shape index (κ2) is 5.22. The molecule has 0 saturated heterocycles. The number of hydrogen-bond acceptors (Lipinski definition) is 3. The van der Waals surface area contributed by atoms with Gasteiger partial charge in [-0.1, -0.05) is 46.6 Å². The second-order valence-corrected chi connectivity index (χ2v) is 5.17. The molecule has 1 heterocycles. The molecule has 1 aromatic heterocycles. The van der Waals surface area contributed by atoms with Crippen LogP contribution in [0.5, 0.6) is 0 Å². The molecular formula is C16H12ClFN2O. The maximum absolute atomic E-state index is 13.2. The molecule has 0 saturated carbocycles. The predicted octanol–water partition coefficient (Wildman–Crippen LogP) is 4.69. The van der Waals surface area contributed by atoms with Gasteiger partial charge in [-0.15, -0.1) is 0 Å². The van der Waals surface area contributed by atoms with Gasteiger partial charge in [0.05, 0.1) is 10.6 Å². The van der Waals surface area contributed by atoms with Crippen LogP contribution in [0.3, 0.4) is 0 Å². The molecule has 0 amide bonds. The molecule has 21 heavy (non-hydrogen) atoms. The first-order valence-corrected chi connectivity index (χ1v) is 6.71. The average molecular weight is 303 g/mol. The van der Waals surface area contributed by atoms with E-state index < -0.39 is 5.82 Å². The molecular weight excluding hydrogens is 291 g/mol. The molecule has 0 aliphatic rings. The minimum absolute atomic E-state index is 0.250. The Morgan fingerprint density at radius 3 is 2.71 bits per heavy atom. The van der Waals surface area contributed by atoms with Gasteiger partial charge in [0, 0.05) is 5.56 Å². The first-order valence-electron chi connectivity index (χ1n) is 6.34. The Morgan fingerprint density at radius 1 is 1.19 bits per heavy atom. The Hall–Kier alpha value is -2.33. The van der Waals surface area contributed by atoms with Crippen LogP contribution in [0.2, 0.25) is 5.02 Å². The third kappa shape index (κ3) is 2.50. The average Bonchev–Trinajstić information content (AvgIpc) is 2.80. The van der Waals surface area contributed by atoms with E-state index in [2.05, 4.69) is 5.16 Å². The van der Waals surface area contributed by atoms with Crippen molar-refractivity contribution in [3.63, 3.8) is 0 Å². The molecule has 2 N–H and O–H groups in total. The van der Waals surface area contributed by atoms with Gasteiger partial charge in [-0.05, 0) is 30.7 Å². The number of halogens is 2. The van der Waals surface area contributed by atoms with Gasteiger partial charge in [-0.3, -0.25) is 0 Å². The molecule has 0 unspecified atom stereocenters. The van der Waals surface area contributed by atoms with Crippen molar-refractivity contribution < 1.29 is 8.91 Å². The summed E-state index contributed by atoms with van der Waals surface area (Å²) in [6.45, 7) is 1.98. The van der Waals surface area contributed by atoms with Crippen LogP contribution >= 0.6 is 11.6 Å². The first kappa shape index (κ1) is 13.6. The number of anilines is 1. The van der Waals surface area contributed by atoms with Crippen LogP contribution < -0.4 is 5.73 Å². The number of rotatable bonds is 2. The van der Waals surface area contributed by atoms with E-state index in [9.17, 15) is 4.39 Å². The molecule has 3 rings (SSSR count). The fourth-order valence-corrected chi connectivity index (χ4v) is 2.49. The molecule has 0 radical (unpaired) electrons. The predicted molar refractivity (Wildman–Crippen MR) is 81.5 cm³/mol. The number of nitrogens with zero attached hydrogens (tertiary/aromatic N) is 1. The Labute approximate surface area is 126 Å². The summed E-state index contributed by atoms with van der Waals surface area (Å²) in [6, 6.07) is 11.9. The normalized spacial score (nSPS) is 10.8. The van der Waals surface area contributed by atoms with Crippen LogP contribution in [0.15, 0.2) is 47.0 Å². The van der Waals surface area contributed by atoms with E-state index in [0.29, 0.717) is 16.9 Å². The van der Waals surface area contributed by atoms with Crippen LogP contribution in [0.25, 0.3) is 22.5 Å². The fourth-order valence-electron chi connectivity index (χ4n) is 2.24. The lowest BCUT2D eigenvalue weighted by Crippen LogP contribution is -1.90. The van der Waals surface area contributed by atoms with E-state index in [1.165, 1.54) is 12.1 Å². The van der Waals surface area contributed by atoms with Crippen molar-refractivity contribution in [1.29, 1.82) is 0 Å². The largest absolute Gasteiger partial charge is 0.380 e. The number of aryl methyl sites for hydroxylation is 1. The van der Waals surface area contributed by atoms with E-state index in [-0.39, 0.29) is 10.8 Å². The van der Waals surface area contributed by atoms with Crippen LogP contribution in [0, 0.1) is 12.7 Å². The Kier molecular flexibility index (Phi) is 3.39. The van der Waals surface area contributed by atoms with Crippen molar-refractivity contribution in [1.82, 2.24) is 5.16 Å². The van der Waals surface area contributed by atoms with Crippen molar-refractivity contribution in [3.8, 4) is 22.5 Å². The van der Waals surface area contributed by atoms with E-state index in [4.69, 9.17) is 21.9 Å². The first-order chi connectivity index (χ1) is 10.1. The third-order valence-electron chi connectivity index (χ3n) is 3.20. The van der Waals surface area contributed by atoms with Crippen molar-refractivity contribution in [2.45, 2.75) is 6.92 Å². The Morgan fingerprint density at radius 2 is 2.00 bits per heavy atom. The van der Waals surface area contributed by atoms with Gasteiger partial charge in [0.25, 0.3) is 0 Å². The zero-order chi connectivity index (χ0) is 15.0. The van der Waals surface area contributed by atoms with Gasteiger partial charge in [0.1, 0.15) is 5.82 Å². The SMILES string of the molecule is Cc1cccc(-c2c(N)noc2-c2ccc(F)cc2Cl)c1. The van der Waals surface area contributed by atoms with Crippen LogP contribution in [-0.2, 0) is 0 Å². The van der Waals surface area contributed by atoms with Crippen molar-refractivity contribution >= 4 is 17.4 Å². The van der Waals surface area contributed by atoms with Gasteiger partial charge in [-0.25, -0.2) is 4.39 Å². The van der Waals surface area contributed by atoms with Crippen LogP contribution in [0.1, 0.15) is 5.56 Å². The highest BCUT2D eigenvalue weighted by molar-refractivity contribution is 6.33. The molecule has 0 aliphatic heterocycles. The molecule has 3 aromatic rings. The molecule has 5 heteroatoms. The second-order valence-electron chi connectivity index (χ2n) is 4.77. The smallest absolute Gasteiger partial charge is 0.178 e. The van der Waals surface area contributed by atoms with E-state index in [1.807, 2.05) is 31.2 Å². The topological polar surface area (TPSA) is 52.0 Å². The number of hydrogen-bond donors (Lipinski definition) is 1. The lowest BCUT2D eigenvalue weighted by molar-refractivity contribution is 0.436. The number of aromatic nitrogens is 1. The number of nitrogens with two attached hydrogens (primary N) is 1. The molecule has 106 valence electrons. The maximum atomic E-state index is 13.2. The molecule has 0 bridgehead atoms. The third-order valence-corrected chi connectivity index (χ3v) is 3.51. The quantitative estimate of drug-likeness (QED) is 0.747. The van der Waals surface area contributed by atoms with Gasteiger partial charge in [0.15, 0.2) is 11.6 Å². The van der Waals surface area contributed by atoms with Crippen LogP contribution in [0.4, 0.5) is 10.2 Å². The summed E-state index contributed by atoms with van der Waals surface area (Å²) >= 11 is 6.10. The summed E-state index contributed by atoms with van der Waals surface area (Å²) in [4.78, 5) is 0. The van der Waals surface area contributed by atoms with E-state index >= 15 is 0 Å². The summed E-state index contributed by atoms with van der Waals surface area (Å²) in [5.41, 5.74) is 9.10. The molecule has 0 aliphatic carbocycles. The zero-order valence-corrected chi connectivity index (χ0v) is 12.0. The maximum Gasteiger partial charge on any atom is 0.178 e. The number of benzene rings is 2. The molecule has 3 nitrogen and oxygen atoms in total. The Balaban J connectivity index is 2.22. The summed E-state index contributed by atoms with van der Waals surface area (Å²) < 4.78 is 18.5. The highest BCUT2D eigenvalue weighted by Crippen LogP contribution is 2.39. The molecule has 0 fully saturated rings. The standard InChI is InChI=1S/C16H12ClFN2O/c1-9-3-2-4-10(7-9)14-15(21-20-16(14)19)12-6-5-11(18)8-13(12)17/h2-8H,1H3,(H2,19,20). The van der Waals surface area contributed by atoms with Crippen LogP contribution in [-0.4, -0.2) is 5.16 Å². The lowest BCUT2D eigenvalue weighted by atomic mass is 10.00. The van der Waals surface area contributed by atoms with Crippen molar-refractivity contribution in [2.75, 3.05) is 5.73 Å². The van der Waals surface area contributed by atoms with Crippen molar-refractivity contribution in [2.24, 2.45) is 0 Å². The van der Waals surface area contributed by atoms with Crippen molar-refractivity contribution in [3.05, 3.63) is 58.9 Å². The molecule has 0 atom stereocenters. The monoisotopic (exact) mass is 302 g/mol. The highest BCUT2D eigenvalue weighted by Gasteiger charge is 2.20. The minimum Gasteiger partial charge on any atom is -0.380 e. The summed E-state index contributed by atoms with van der Waals surface area (Å²) in [6.07, 6.45) is 0. The molecule has 0 spiro atoms. The summed E-state index contributed by atoms with van der Waals surface area (Å²) in [7, 11) is 0. The minimum atomic E-state index is -0.409. The summed E-state index contributed by atoms with van der Waals surface area (Å²) in [5, 5.41) is 4.06. The van der Waals surface area contributed by atoms with Gasteiger partial charge >= 0.3 is 0 Å². The lowest BCUT2D eigenvalue weighted by Gasteiger charge is -2.05. The van der Waals surface area contributed by atoms with Gasteiger partial charge in [-0.2, -0.15) is 0 Å². The number of nitrogen functional groups attached to an aromatic ring is 1. The van der Waals surface area contributed by atoms with E-state index in [0.717, 1.165) is 11.1 Å². The summed E-state index contributed by atoms with van der Waals surface area (Å²) in [5.74, 6) is 0.299. The Bertz CT molecular complexity index is 814. The van der Waals surface area contributed by atoms with Gasteiger partial charge in [0.2, 0.25) is 0 Å². The zero-order valence-electron chi connectivity index (χ0n) is 11.2. The molecule has 2 aromatic carbocycles. The van der Waals surface area contributed by atoms with Gasteiger partial charge < -0.3 is 10.3 Å². The van der Waals surface area contributed by atoms with E-state index in [1.54, 1.807) is 6.07 Å². The highest BCUT2D eigenvalue weighted by atomic mass is 35.5. The fraction of sp³-hybridized carbons (Fsp3) is 0.0625.